The van der Waals surface area contributed by atoms with Gasteiger partial charge in [0.2, 0.25) is 0 Å². The molecule has 2 rings (SSSR count). The van der Waals surface area contributed by atoms with Crippen LogP contribution in [0.5, 0.6) is 0 Å². The standard InChI is InChI=1S/C12H22N2O3S2/c1-2-19(16,17)11-9-18-8-7-14(11)12(15)13-10-5-3-4-6-10/h10-11H,2-9H2,1H3,(H,13,15). The number of hydrogen-bond acceptors (Lipinski definition) is 4. The molecule has 1 unspecified atom stereocenters. The maximum absolute atomic E-state index is 12.3. The van der Waals surface area contributed by atoms with Crippen molar-refractivity contribution in [2.24, 2.45) is 0 Å². The fraction of sp³-hybridized carbons (Fsp3) is 0.917. The van der Waals surface area contributed by atoms with Crippen LogP contribution in [0, 0.1) is 0 Å². The minimum atomic E-state index is -3.20. The second-order valence-electron chi connectivity index (χ2n) is 5.11. The van der Waals surface area contributed by atoms with Gasteiger partial charge in [-0.25, -0.2) is 13.2 Å². The van der Waals surface area contributed by atoms with Gasteiger partial charge in [0, 0.05) is 29.8 Å². The van der Waals surface area contributed by atoms with Gasteiger partial charge in [-0.2, -0.15) is 11.8 Å². The van der Waals surface area contributed by atoms with Crippen molar-refractivity contribution in [3.05, 3.63) is 0 Å². The maximum Gasteiger partial charge on any atom is 0.318 e. The van der Waals surface area contributed by atoms with Crippen LogP contribution in [0.3, 0.4) is 0 Å². The van der Waals surface area contributed by atoms with Gasteiger partial charge in [0.15, 0.2) is 9.84 Å². The molecule has 0 aromatic heterocycles. The lowest BCUT2D eigenvalue weighted by Crippen LogP contribution is -2.55. The lowest BCUT2D eigenvalue weighted by atomic mass is 10.2. The van der Waals surface area contributed by atoms with E-state index in [9.17, 15) is 13.2 Å². The molecule has 2 fully saturated rings. The molecular weight excluding hydrogens is 284 g/mol. The van der Waals surface area contributed by atoms with E-state index in [1.165, 1.54) is 4.90 Å². The SMILES string of the molecule is CCS(=O)(=O)C1CSCCN1C(=O)NC1CCCC1. The molecule has 1 aliphatic carbocycles. The number of hydrogen-bond donors (Lipinski definition) is 1. The topological polar surface area (TPSA) is 66.5 Å². The van der Waals surface area contributed by atoms with Crippen LogP contribution < -0.4 is 5.32 Å². The number of carbonyl (C=O) groups excluding carboxylic acids is 1. The van der Waals surface area contributed by atoms with Crippen molar-refractivity contribution in [2.75, 3.05) is 23.8 Å². The predicted molar refractivity (Wildman–Crippen MR) is 78.1 cm³/mol. The molecule has 1 saturated carbocycles. The minimum Gasteiger partial charge on any atom is -0.335 e. The van der Waals surface area contributed by atoms with E-state index in [2.05, 4.69) is 5.32 Å². The summed E-state index contributed by atoms with van der Waals surface area (Å²) in [7, 11) is -3.20. The molecule has 1 aliphatic heterocycles. The van der Waals surface area contributed by atoms with E-state index >= 15 is 0 Å². The Hall–Kier alpha value is -0.430. The van der Waals surface area contributed by atoms with E-state index in [-0.39, 0.29) is 17.8 Å². The molecule has 19 heavy (non-hydrogen) atoms. The van der Waals surface area contributed by atoms with Crippen molar-refractivity contribution in [2.45, 2.75) is 44.0 Å². The van der Waals surface area contributed by atoms with E-state index in [1.807, 2.05) is 0 Å². The smallest absolute Gasteiger partial charge is 0.318 e. The van der Waals surface area contributed by atoms with Gasteiger partial charge in [0.05, 0.1) is 0 Å². The number of thioether (sulfide) groups is 1. The molecule has 2 amide bonds. The molecule has 1 saturated heterocycles. The van der Waals surface area contributed by atoms with Crippen LogP contribution in [0.1, 0.15) is 32.6 Å². The molecule has 0 bridgehead atoms. The summed E-state index contributed by atoms with van der Waals surface area (Å²) in [6.07, 6.45) is 4.33. The summed E-state index contributed by atoms with van der Waals surface area (Å²) in [5.41, 5.74) is 0. The number of nitrogens with zero attached hydrogens (tertiary/aromatic N) is 1. The van der Waals surface area contributed by atoms with Crippen molar-refractivity contribution in [1.29, 1.82) is 0 Å². The zero-order chi connectivity index (χ0) is 13.9. The first-order valence-corrected chi connectivity index (χ1v) is 9.78. The molecule has 0 aromatic carbocycles. The van der Waals surface area contributed by atoms with Crippen molar-refractivity contribution in [1.82, 2.24) is 10.2 Å². The Morgan fingerprint density at radius 1 is 1.37 bits per heavy atom. The van der Waals surface area contributed by atoms with Crippen molar-refractivity contribution < 1.29 is 13.2 Å². The Morgan fingerprint density at radius 2 is 2.05 bits per heavy atom. The van der Waals surface area contributed by atoms with Crippen molar-refractivity contribution in [3.63, 3.8) is 0 Å². The molecule has 110 valence electrons. The minimum absolute atomic E-state index is 0.0887. The van der Waals surface area contributed by atoms with Crippen molar-refractivity contribution in [3.8, 4) is 0 Å². The summed E-state index contributed by atoms with van der Waals surface area (Å²) >= 11 is 1.61. The molecule has 1 atom stereocenters. The zero-order valence-corrected chi connectivity index (χ0v) is 12.9. The van der Waals surface area contributed by atoms with Crippen LogP contribution in [0.2, 0.25) is 0 Å². The van der Waals surface area contributed by atoms with Crippen LogP contribution in [-0.2, 0) is 9.84 Å². The average molecular weight is 306 g/mol. The summed E-state index contributed by atoms with van der Waals surface area (Å²) in [5, 5.41) is 2.33. The second-order valence-corrected chi connectivity index (χ2v) is 8.70. The Bertz CT molecular complexity index is 419. The highest BCUT2D eigenvalue weighted by atomic mass is 32.2. The molecule has 5 nitrogen and oxygen atoms in total. The zero-order valence-electron chi connectivity index (χ0n) is 11.3. The van der Waals surface area contributed by atoms with Gasteiger partial charge in [-0.05, 0) is 12.8 Å². The van der Waals surface area contributed by atoms with Gasteiger partial charge in [-0.1, -0.05) is 19.8 Å². The van der Waals surface area contributed by atoms with Gasteiger partial charge < -0.3 is 10.2 Å². The average Bonchev–Trinajstić information content (AvgIpc) is 2.91. The summed E-state index contributed by atoms with van der Waals surface area (Å²) < 4.78 is 24.1. The first-order chi connectivity index (χ1) is 9.04. The number of amides is 2. The monoisotopic (exact) mass is 306 g/mol. The van der Waals surface area contributed by atoms with E-state index in [1.54, 1.807) is 18.7 Å². The highest BCUT2D eigenvalue weighted by Gasteiger charge is 2.36. The lowest BCUT2D eigenvalue weighted by Gasteiger charge is -2.35. The second kappa shape index (κ2) is 6.35. The van der Waals surface area contributed by atoms with Crippen LogP contribution in [0.25, 0.3) is 0 Å². The van der Waals surface area contributed by atoms with Gasteiger partial charge in [0.25, 0.3) is 0 Å². The van der Waals surface area contributed by atoms with Gasteiger partial charge >= 0.3 is 6.03 Å². The number of urea groups is 1. The molecule has 0 radical (unpaired) electrons. The molecule has 1 N–H and O–H groups in total. The Morgan fingerprint density at radius 3 is 2.68 bits per heavy atom. The third-order valence-electron chi connectivity index (χ3n) is 3.85. The quantitative estimate of drug-likeness (QED) is 0.857. The van der Waals surface area contributed by atoms with E-state index in [0.717, 1.165) is 31.4 Å². The lowest BCUT2D eigenvalue weighted by molar-refractivity contribution is 0.192. The fourth-order valence-corrected chi connectivity index (χ4v) is 5.60. The molecule has 0 spiro atoms. The van der Waals surface area contributed by atoms with Crippen LogP contribution in [0.4, 0.5) is 4.79 Å². The van der Waals surface area contributed by atoms with Crippen molar-refractivity contribution >= 4 is 27.6 Å². The molecular formula is C12H22N2O3S2. The molecule has 7 heteroatoms. The fourth-order valence-electron chi connectivity index (χ4n) is 2.63. The molecule has 2 aliphatic rings. The Labute approximate surface area is 119 Å². The molecule has 1 heterocycles. The number of nitrogens with one attached hydrogen (secondary N) is 1. The largest absolute Gasteiger partial charge is 0.335 e. The predicted octanol–water partition coefficient (Wildman–Crippen LogP) is 1.45. The highest BCUT2D eigenvalue weighted by molar-refractivity contribution is 8.01. The van der Waals surface area contributed by atoms with Crippen LogP contribution in [-0.4, -0.2) is 54.6 Å². The Balaban J connectivity index is 2.04. The highest BCUT2D eigenvalue weighted by Crippen LogP contribution is 2.23. The first-order valence-electron chi connectivity index (χ1n) is 6.91. The third kappa shape index (κ3) is 3.56. The Kier molecular flexibility index (Phi) is 5.00. The van der Waals surface area contributed by atoms with Gasteiger partial charge in [-0.15, -0.1) is 0 Å². The van der Waals surface area contributed by atoms with E-state index in [0.29, 0.717) is 12.3 Å². The van der Waals surface area contributed by atoms with Crippen LogP contribution in [0.15, 0.2) is 0 Å². The number of carbonyl (C=O) groups is 1. The number of rotatable bonds is 3. The summed E-state index contributed by atoms with van der Waals surface area (Å²) in [6.45, 7) is 2.16. The third-order valence-corrected chi connectivity index (χ3v) is 7.13. The van der Waals surface area contributed by atoms with Crippen LogP contribution >= 0.6 is 11.8 Å². The maximum atomic E-state index is 12.3. The molecule has 0 aromatic rings. The summed E-state index contributed by atoms with van der Waals surface area (Å²) in [4.78, 5) is 13.8. The summed E-state index contributed by atoms with van der Waals surface area (Å²) in [6, 6.07) is 0.0290. The normalized spacial score (nSPS) is 25.5. The first kappa shape index (κ1) is 15.0. The summed E-state index contributed by atoms with van der Waals surface area (Å²) in [5.74, 6) is 1.40. The van der Waals surface area contributed by atoms with E-state index < -0.39 is 15.2 Å². The van der Waals surface area contributed by atoms with Gasteiger partial charge in [0.1, 0.15) is 5.37 Å². The van der Waals surface area contributed by atoms with Gasteiger partial charge in [-0.3, -0.25) is 0 Å². The van der Waals surface area contributed by atoms with E-state index in [4.69, 9.17) is 0 Å². The number of sulfone groups is 1.